The smallest absolute Gasteiger partial charge is 0.383 e. The van der Waals surface area contributed by atoms with Crippen LogP contribution in [0.25, 0.3) is 22.0 Å². The second kappa shape index (κ2) is 16.7. The maximum absolute atomic E-state index is 15.3. The molecule has 6 nitrogen and oxygen atoms in total. The molecule has 0 aliphatic carbocycles. The fourth-order valence-electron chi connectivity index (χ4n) is 5.69. The van der Waals surface area contributed by atoms with Crippen molar-refractivity contribution >= 4 is 28.6 Å². The van der Waals surface area contributed by atoms with Crippen LogP contribution in [0.2, 0.25) is 0 Å². The summed E-state index contributed by atoms with van der Waals surface area (Å²) in [5.41, 5.74) is -3.02. The number of carbonyl (C=O) groups excluding carboxylic acids is 1. The van der Waals surface area contributed by atoms with Crippen molar-refractivity contribution in [1.82, 2.24) is 14.4 Å². The van der Waals surface area contributed by atoms with Crippen molar-refractivity contribution < 1.29 is 47.9 Å². The van der Waals surface area contributed by atoms with E-state index in [9.17, 15) is 32.2 Å². The molecule has 12 heteroatoms. The van der Waals surface area contributed by atoms with Gasteiger partial charge in [0.2, 0.25) is 5.91 Å². The predicted octanol–water partition coefficient (Wildman–Crippen LogP) is 8.71. The third-order valence-electron chi connectivity index (χ3n) is 8.43. The Kier molecular flexibility index (Phi) is 8.01. The van der Waals surface area contributed by atoms with Gasteiger partial charge in [0.25, 0.3) is 0 Å². The topological polar surface area (TPSA) is 54.8 Å². The molecule has 0 saturated carbocycles. The summed E-state index contributed by atoms with van der Waals surface area (Å²) in [6.45, 7) is -11.6. The van der Waals surface area contributed by atoms with Crippen molar-refractivity contribution in [3.05, 3.63) is 135 Å². The average molecular weight is 762 g/mol. The van der Waals surface area contributed by atoms with E-state index in [0.717, 1.165) is 30.2 Å². The second-order valence-corrected chi connectivity index (χ2v) is 13.0. The average Bonchev–Trinajstić information content (AvgIpc) is 3.26. The number of hydrogen-bond donors (Lipinski definition) is 0. The number of nitrogens with zero attached hydrogens (tertiary/aromatic N) is 3. The molecular weight excluding hydrogens is 710 g/mol. The van der Waals surface area contributed by atoms with E-state index < -0.39 is 113 Å². The molecule has 1 aromatic heterocycles. The molecule has 5 aromatic rings. The van der Waals surface area contributed by atoms with Gasteiger partial charge in [-0.25, -0.2) is 8.78 Å². The lowest BCUT2D eigenvalue weighted by atomic mass is 10.00. The Hall–Kier alpha value is -4.52. The summed E-state index contributed by atoms with van der Waals surface area (Å²) in [5, 5.41) is -1.44. The van der Waals surface area contributed by atoms with Gasteiger partial charge < -0.3 is 19.1 Å². The Morgan fingerprint density at radius 3 is 2.34 bits per heavy atom. The predicted molar refractivity (Wildman–Crippen MR) is 198 cm³/mol. The Labute approximate surface area is 326 Å². The lowest BCUT2D eigenvalue weighted by molar-refractivity contribution is -0.137. The molecule has 1 aliphatic heterocycles. The van der Waals surface area contributed by atoms with Crippen LogP contribution >= 0.6 is 11.8 Å². The normalized spacial score (nSPS) is 18.5. The number of hydrogen-bond acceptors (Lipinski definition) is 5. The maximum atomic E-state index is 15.3. The molecule has 278 valence electrons. The minimum atomic E-state index is -4.61. The number of carbonyl (C=O) groups is 1. The SMILES string of the molecule is [2H]c1c(C)c([2H])c2c(=O)c([2H])c(SCc3cccc(F)c3F)n(C([2H])([2H])C(=O)N(C3CCN(C([2H])([2H])C([2H])([2H])OC)CC3)C([2H])([2H])c3ccc(-c4ccc(C(F)(F)F)cc4)cc3)c2c1[2H]. The first-order chi connectivity index (χ1) is 30.1. The number of pyridine rings is 1. The molecule has 1 saturated heterocycles. The van der Waals surface area contributed by atoms with Crippen LogP contribution in [0, 0.1) is 18.6 Å². The summed E-state index contributed by atoms with van der Waals surface area (Å²) in [4.78, 5) is 30.8. The number of halogens is 5. The van der Waals surface area contributed by atoms with Crippen LogP contribution in [-0.4, -0.2) is 59.6 Å². The van der Waals surface area contributed by atoms with Crippen LogP contribution in [0.1, 0.15) is 51.5 Å². The molecule has 2 heterocycles. The minimum absolute atomic E-state index is 0.193. The van der Waals surface area contributed by atoms with Crippen molar-refractivity contribution in [2.75, 3.05) is 33.3 Å². The highest BCUT2D eigenvalue weighted by molar-refractivity contribution is 7.98. The Morgan fingerprint density at radius 2 is 1.68 bits per heavy atom. The molecule has 1 aliphatic rings. The van der Waals surface area contributed by atoms with Gasteiger partial charge in [-0.3, -0.25) is 9.59 Å². The Morgan fingerprint density at radius 1 is 1.00 bits per heavy atom. The number of thioether (sulfide) groups is 1. The van der Waals surface area contributed by atoms with Crippen molar-refractivity contribution in [3.63, 3.8) is 0 Å². The van der Waals surface area contributed by atoms with Gasteiger partial charge in [-0.1, -0.05) is 60.1 Å². The van der Waals surface area contributed by atoms with Crippen LogP contribution in [0.4, 0.5) is 22.0 Å². The molecule has 4 aromatic carbocycles. The minimum Gasteiger partial charge on any atom is -0.383 e. The number of alkyl halides is 3. The van der Waals surface area contributed by atoms with Gasteiger partial charge in [0.05, 0.1) is 36.4 Å². The van der Waals surface area contributed by atoms with Crippen LogP contribution in [-0.2, 0) is 34.5 Å². The van der Waals surface area contributed by atoms with Crippen LogP contribution < -0.4 is 5.43 Å². The van der Waals surface area contributed by atoms with Gasteiger partial charge in [0.15, 0.2) is 17.1 Å². The molecular formula is C41H40F5N3O3S. The third-order valence-corrected chi connectivity index (χ3v) is 9.44. The zero-order chi connectivity index (χ0) is 48.4. The van der Waals surface area contributed by atoms with Gasteiger partial charge in [-0.2, -0.15) is 13.2 Å². The molecule has 1 amide bonds. The number of methoxy groups -OCH3 is 1. The lowest BCUT2D eigenvalue weighted by Crippen LogP contribution is -2.48. The summed E-state index contributed by atoms with van der Waals surface area (Å²) < 4.78 is 181. The van der Waals surface area contributed by atoms with E-state index in [1.165, 1.54) is 55.5 Å². The van der Waals surface area contributed by atoms with E-state index >= 15 is 4.79 Å². The van der Waals surface area contributed by atoms with Gasteiger partial charge in [0, 0.05) is 64.7 Å². The maximum Gasteiger partial charge on any atom is 0.416 e. The molecule has 0 atom stereocenters. The molecule has 0 radical (unpaired) electrons. The highest BCUT2D eigenvalue weighted by atomic mass is 32.2. The van der Waals surface area contributed by atoms with Crippen molar-refractivity contribution in [3.8, 4) is 11.1 Å². The standard InChI is InChI=1S/C41H40F5N3O3S/c1-27-6-15-36-34(22-27)37(50)23-39(53-26-31-4-3-5-35(42)40(31)43)49(36)25-38(51)48(33-16-18-47(19-17-33)20-21-52-2)24-28-7-9-29(10-8-28)30-11-13-32(14-12-30)41(44,45)46/h3-15,22-23,33H,16-21,24-26H2,1-2H3/i6D,15D,20D2,21D2,22D,23D,24D2,25D2. The fourth-order valence-corrected chi connectivity index (χ4v) is 6.63. The number of piperidine rings is 1. The Balaban J connectivity index is 1.53. The first-order valence-electron chi connectivity index (χ1n) is 22.2. The summed E-state index contributed by atoms with van der Waals surface area (Å²) in [6.07, 6.45) is -5.20. The monoisotopic (exact) mass is 761 g/mol. The number of likely N-dealkylation sites (tertiary alicyclic amines) is 1. The van der Waals surface area contributed by atoms with Gasteiger partial charge >= 0.3 is 6.18 Å². The number of amides is 1. The van der Waals surface area contributed by atoms with E-state index in [0.29, 0.717) is 32.4 Å². The van der Waals surface area contributed by atoms with Gasteiger partial charge in [0.1, 0.15) is 6.50 Å². The van der Waals surface area contributed by atoms with E-state index in [2.05, 4.69) is 0 Å². The Bertz CT molecular complexity index is 2700. The van der Waals surface area contributed by atoms with Crippen LogP contribution in [0.3, 0.4) is 0 Å². The van der Waals surface area contributed by atoms with Gasteiger partial charge in [-0.15, -0.1) is 11.8 Å². The second-order valence-electron chi connectivity index (χ2n) is 12.0. The van der Waals surface area contributed by atoms with E-state index in [4.69, 9.17) is 15.7 Å². The number of fused-ring (bicyclic) bond motifs is 1. The largest absolute Gasteiger partial charge is 0.416 e. The van der Waals surface area contributed by atoms with E-state index in [1.54, 1.807) is 0 Å². The fraction of sp³-hybridized carbons (Fsp3) is 0.317. The zero-order valence-corrected chi connectivity index (χ0v) is 29.1. The molecule has 1 fully saturated rings. The number of benzene rings is 4. The molecule has 0 unspecified atom stereocenters. The van der Waals surface area contributed by atoms with E-state index in [-0.39, 0.29) is 42.6 Å². The number of ether oxygens (including phenoxy) is 1. The summed E-state index contributed by atoms with van der Waals surface area (Å²) in [6, 6.07) is 7.98. The van der Waals surface area contributed by atoms with Crippen molar-refractivity contribution in [1.29, 1.82) is 0 Å². The number of rotatable bonds is 12. The van der Waals surface area contributed by atoms with E-state index in [1.807, 2.05) is 0 Å². The molecule has 0 N–H and O–H groups in total. The van der Waals surface area contributed by atoms with Gasteiger partial charge in [-0.05, 0) is 66.7 Å². The summed E-state index contributed by atoms with van der Waals surface area (Å²) >= 11 is 0.408. The molecule has 0 spiro atoms. The summed E-state index contributed by atoms with van der Waals surface area (Å²) in [5.74, 6) is -4.82. The molecule has 6 rings (SSSR count). The first-order valence-corrected chi connectivity index (χ1v) is 17.2. The third kappa shape index (κ3) is 9.17. The quantitative estimate of drug-likeness (QED) is 0.0941. The molecule has 0 bridgehead atoms. The van der Waals surface area contributed by atoms with Crippen molar-refractivity contribution in [2.24, 2.45) is 0 Å². The highest BCUT2D eigenvalue weighted by Crippen LogP contribution is 2.32. The van der Waals surface area contributed by atoms with Crippen LogP contribution in [0.5, 0.6) is 0 Å². The summed E-state index contributed by atoms with van der Waals surface area (Å²) in [7, 11) is 0.964. The number of aromatic nitrogens is 1. The zero-order valence-electron chi connectivity index (χ0n) is 40.3. The van der Waals surface area contributed by atoms with Crippen LogP contribution in [0.15, 0.2) is 101 Å². The lowest BCUT2D eigenvalue weighted by Gasteiger charge is -2.39. The molecule has 53 heavy (non-hydrogen) atoms. The first kappa shape index (κ1) is 25.5. The van der Waals surface area contributed by atoms with Crippen molar-refractivity contribution in [2.45, 2.75) is 55.8 Å². The highest BCUT2D eigenvalue weighted by Gasteiger charge is 2.31.